The highest BCUT2D eigenvalue weighted by atomic mass is 16.6. The van der Waals surface area contributed by atoms with Gasteiger partial charge in [0.2, 0.25) is 0 Å². The minimum absolute atomic E-state index is 0.101. The van der Waals surface area contributed by atoms with E-state index in [9.17, 15) is 24.5 Å². The Bertz CT molecular complexity index is 1440. The summed E-state index contributed by atoms with van der Waals surface area (Å²) < 4.78 is 0. The number of Topliss-reactive ketones (excluding diaryl/α,β-unsaturated/α-hetero) is 3. The molecule has 3 atom stereocenters. The molecule has 2 heterocycles. The van der Waals surface area contributed by atoms with E-state index in [4.69, 9.17) is 0 Å². The first-order chi connectivity index (χ1) is 16.9. The Morgan fingerprint density at radius 2 is 1.51 bits per heavy atom. The molecule has 0 saturated carbocycles. The lowest BCUT2D eigenvalue weighted by Gasteiger charge is -2.37. The highest BCUT2D eigenvalue weighted by Gasteiger charge is 2.71. The number of rotatable bonds is 3. The van der Waals surface area contributed by atoms with Crippen molar-refractivity contribution in [2.75, 3.05) is 4.90 Å². The molecule has 1 unspecified atom stereocenters. The summed E-state index contributed by atoms with van der Waals surface area (Å²) in [4.78, 5) is 54.4. The predicted octanol–water partition coefficient (Wildman–Crippen LogP) is 4.62. The second kappa shape index (κ2) is 7.30. The number of anilines is 1. The number of benzene rings is 3. The first-order valence-electron chi connectivity index (χ1n) is 11.4. The summed E-state index contributed by atoms with van der Waals surface area (Å²) in [7, 11) is 0. The van der Waals surface area contributed by atoms with E-state index < -0.39 is 28.3 Å². The van der Waals surface area contributed by atoms with Gasteiger partial charge in [-0.25, -0.2) is 0 Å². The van der Waals surface area contributed by atoms with Crippen LogP contribution in [0.3, 0.4) is 0 Å². The number of fused-ring (bicyclic) bond motifs is 5. The Morgan fingerprint density at radius 3 is 2.11 bits per heavy atom. The summed E-state index contributed by atoms with van der Waals surface area (Å²) in [5, 5.41) is 11.3. The molecule has 1 fully saturated rings. The maximum Gasteiger partial charge on any atom is 0.269 e. The molecule has 0 bridgehead atoms. The molecule has 3 aromatic rings. The van der Waals surface area contributed by atoms with Crippen molar-refractivity contribution >= 4 is 34.8 Å². The summed E-state index contributed by atoms with van der Waals surface area (Å²) in [6.07, 6.45) is 3.75. The van der Waals surface area contributed by atoms with Gasteiger partial charge in [0.15, 0.2) is 17.3 Å². The molecule has 1 aliphatic carbocycles. The van der Waals surface area contributed by atoms with Crippen LogP contribution >= 0.6 is 0 Å². The molecule has 0 aromatic heterocycles. The van der Waals surface area contributed by atoms with E-state index in [0.717, 1.165) is 11.3 Å². The van der Waals surface area contributed by atoms with Crippen molar-refractivity contribution in [3.63, 3.8) is 0 Å². The average Bonchev–Trinajstić information content (AvgIpc) is 3.31. The van der Waals surface area contributed by atoms with E-state index in [1.165, 1.54) is 19.1 Å². The van der Waals surface area contributed by atoms with Crippen LogP contribution in [-0.4, -0.2) is 34.4 Å². The zero-order chi connectivity index (χ0) is 24.5. The third-order valence-corrected chi connectivity index (χ3v) is 7.59. The van der Waals surface area contributed by atoms with Gasteiger partial charge in [-0.15, -0.1) is 0 Å². The smallest absolute Gasteiger partial charge is 0.269 e. The summed E-state index contributed by atoms with van der Waals surface area (Å²) in [6.45, 7) is 1.47. The lowest BCUT2D eigenvalue weighted by atomic mass is 9.64. The lowest BCUT2D eigenvalue weighted by molar-refractivity contribution is -0.384. The Balaban J connectivity index is 1.66. The van der Waals surface area contributed by atoms with Crippen molar-refractivity contribution in [3.05, 3.63) is 111 Å². The number of para-hydroxylation sites is 1. The topological polar surface area (TPSA) is 97.6 Å². The van der Waals surface area contributed by atoms with Crippen LogP contribution in [0.4, 0.5) is 11.4 Å². The van der Waals surface area contributed by atoms with E-state index in [1.807, 2.05) is 41.3 Å². The van der Waals surface area contributed by atoms with Gasteiger partial charge in [0.25, 0.3) is 5.69 Å². The highest BCUT2D eigenvalue weighted by Crippen LogP contribution is 2.60. The molecule has 0 radical (unpaired) electrons. The van der Waals surface area contributed by atoms with Gasteiger partial charge >= 0.3 is 0 Å². The van der Waals surface area contributed by atoms with Crippen molar-refractivity contribution in [2.24, 2.45) is 5.41 Å². The summed E-state index contributed by atoms with van der Waals surface area (Å²) >= 11 is 0. The fourth-order valence-electron chi connectivity index (χ4n) is 6.25. The standard InChI is InChI=1S/C28H20N2O5/c1-16(31)25-24(18-10-13-19(14-11-18)30(34)35)28(26(32)20-7-3-4-8-21(20)27(28)33)23-15-12-17-6-2-5-9-22(17)29(23)25/h2-15,23-25H,1H3/t23?,24-,25-/m0/s1. The van der Waals surface area contributed by atoms with Gasteiger partial charge in [-0.3, -0.25) is 24.5 Å². The molecule has 172 valence electrons. The average molecular weight is 464 g/mol. The Hall–Kier alpha value is -4.39. The number of carbonyl (C=O) groups excluding carboxylic acids is 3. The highest BCUT2D eigenvalue weighted by molar-refractivity contribution is 6.32. The summed E-state index contributed by atoms with van der Waals surface area (Å²) in [5.74, 6) is -1.64. The molecule has 1 saturated heterocycles. The zero-order valence-corrected chi connectivity index (χ0v) is 18.8. The molecule has 6 rings (SSSR count). The Morgan fingerprint density at radius 1 is 0.914 bits per heavy atom. The normalized spacial score (nSPS) is 23.2. The molecular formula is C28H20N2O5. The van der Waals surface area contributed by atoms with Gasteiger partial charge in [0.1, 0.15) is 5.41 Å². The number of nitro benzene ring substituents is 1. The molecule has 7 nitrogen and oxygen atoms in total. The molecule has 2 aliphatic heterocycles. The number of hydrogen-bond donors (Lipinski definition) is 0. The Kier molecular flexibility index (Phi) is 4.42. The molecule has 7 heteroatoms. The summed E-state index contributed by atoms with van der Waals surface area (Å²) in [6, 6.07) is 18.7. The minimum atomic E-state index is -1.57. The van der Waals surface area contributed by atoms with E-state index >= 15 is 0 Å². The Labute approximate surface area is 200 Å². The monoisotopic (exact) mass is 464 g/mol. The van der Waals surface area contributed by atoms with E-state index in [0.29, 0.717) is 16.7 Å². The number of ketones is 3. The van der Waals surface area contributed by atoms with Crippen molar-refractivity contribution in [1.82, 2.24) is 0 Å². The number of nitrogens with zero attached hydrogens (tertiary/aromatic N) is 2. The molecule has 3 aliphatic rings. The predicted molar refractivity (Wildman–Crippen MR) is 130 cm³/mol. The van der Waals surface area contributed by atoms with Crippen LogP contribution in [0, 0.1) is 15.5 Å². The molecule has 1 spiro atoms. The SMILES string of the molecule is CC(=O)[C@H]1[C@H](c2ccc([N+](=O)[O-])cc2)C2(C(=O)c3ccccc3C2=O)C2C=Cc3ccccc3N21. The third kappa shape index (κ3) is 2.63. The number of nitro groups is 1. The zero-order valence-electron chi connectivity index (χ0n) is 18.8. The maximum absolute atomic E-state index is 14.2. The molecule has 3 aromatic carbocycles. The largest absolute Gasteiger partial charge is 0.352 e. The minimum Gasteiger partial charge on any atom is -0.352 e. The first-order valence-corrected chi connectivity index (χ1v) is 11.4. The van der Waals surface area contributed by atoms with Gasteiger partial charge in [0, 0.05) is 34.9 Å². The fourth-order valence-corrected chi connectivity index (χ4v) is 6.25. The molecular weight excluding hydrogens is 444 g/mol. The van der Waals surface area contributed by atoms with Gasteiger partial charge in [0.05, 0.1) is 17.0 Å². The van der Waals surface area contributed by atoms with Gasteiger partial charge in [-0.2, -0.15) is 0 Å². The number of hydrogen-bond acceptors (Lipinski definition) is 6. The van der Waals surface area contributed by atoms with E-state index in [2.05, 4.69) is 0 Å². The van der Waals surface area contributed by atoms with Crippen LogP contribution in [0.15, 0.2) is 78.9 Å². The van der Waals surface area contributed by atoms with Crippen LogP contribution in [0.1, 0.15) is 44.7 Å². The van der Waals surface area contributed by atoms with Crippen molar-refractivity contribution < 1.29 is 19.3 Å². The van der Waals surface area contributed by atoms with Crippen LogP contribution in [0.2, 0.25) is 0 Å². The van der Waals surface area contributed by atoms with Crippen LogP contribution in [0.25, 0.3) is 6.08 Å². The van der Waals surface area contributed by atoms with Crippen molar-refractivity contribution in [2.45, 2.75) is 24.9 Å². The van der Waals surface area contributed by atoms with Crippen molar-refractivity contribution in [3.8, 4) is 0 Å². The number of carbonyl (C=O) groups is 3. The van der Waals surface area contributed by atoms with Crippen LogP contribution < -0.4 is 4.90 Å². The molecule has 0 N–H and O–H groups in total. The van der Waals surface area contributed by atoms with Crippen LogP contribution in [-0.2, 0) is 4.79 Å². The quantitative estimate of drug-likeness (QED) is 0.319. The van der Waals surface area contributed by atoms with Gasteiger partial charge in [-0.05, 0) is 24.1 Å². The fraction of sp³-hybridized carbons (Fsp3) is 0.179. The number of non-ortho nitro benzene ring substituents is 1. The molecule has 0 amide bonds. The third-order valence-electron chi connectivity index (χ3n) is 7.59. The lowest BCUT2D eigenvalue weighted by Crippen LogP contribution is -2.48. The van der Waals surface area contributed by atoms with Crippen molar-refractivity contribution in [1.29, 1.82) is 0 Å². The maximum atomic E-state index is 14.2. The van der Waals surface area contributed by atoms with E-state index in [-0.39, 0.29) is 23.0 Å². The first kappa shape index (κ1) is 21.2. The second-order valence-corrected chi connectivity index (χ2v) is 9.22. The second-order valence-electron chi connectivity index (χ2n) is 9.22. The summed E-state index contributed by atoms with van der Waals surface area (Å²) in [5.41, 5.74) is 1.24. The van der Waals surface area contributed by atoms with Gasteiger partial charge in [-0.1, -0.05) is 66.7 Å². The van der Waals surface area contributed by atoms with Crippen LogP contribution in [0.5, 0.6) is 0 Å². The van der Waals surface area contributed by atoms with E-state index in [1.54, 1.807) is 36.4 Å². The molecule has 35 heavy (non-hydrogen) atoms. The van der Waals surface area contributed by atoms with Gasteiger partial charge < -0.3 is 4.90 Å².